The minimum atomic E-state index is 0.159. The van der Waals surface area contributed by atoms with E-state index in [0.717, 1.165) is 28.0 Å². The number of hydrogen-bond donors (Lipinski definition) is 2. The van der Waals surface area contributed by atoms with Crippen molar-refractivity contribution >= 4 is 16.8 Å². The number of rotatable bonds is 4. The molecule has 0 fully saturated rings. The molecule has 5 nitrogen and oxygen atoms in total. The lowest BCUT2D eigenvalue weighted by atomic mass is 10.1. The van der Waals surface area contributed by atoms with E-state index < -0.39 is 0 Å². The van der Waals surface area contributed by atoms with Gasteiger partial charge in [0.15, 0.2) is 0 Å². The quantitative estimate of drug-likeness (QED) is 0.377. The molecule has 0 radical (unpaired) electrons. The second kappa shape index (κ2) is 5.00. The highest BCUT2D eigenvalue weighted by Gasteiger charge is 2.07. The van der Waals surface area contributed by atoms with Crippen LogP contribution >= 0.6 is 0 Å². The second-order valence-corrected chi connectivity index (χ2v) is 4.13. The molecule has 0 spiro atoms. The van der Waals surface area contributed by atoms with Crippen LogP contribution in [-0.4, -0.2) is 17.6 Å². The second-order valence-electron chi connectivity index (χ2n) is 4.13. The van der Waals surface area contributed by atoms with Gasteiger partial charge in [0.25, 0.3) is 0 Å². The molecule has 0 unspecified atom stereocenters. The Morgan fingerprint density at radius 3 is 2.94 bits per heavy atom. The van der Waals surface area contributed by atoms with E-state index in [2.05, 4.69) is 5.16 Å². The van der Waals surface area contributed by atoms with Crippen molar-refractivity contribution < 1.29 is 14.4 Å². The topological polar surface area (TPSA) is 81.0 Å². The monoisotopic (exact) mass is 248 g/mol. The van der Waals surface area contributed by atoms with E-state index >= 15 is 0 Å². The average Bonchev–Trinajstić information content (AvgIpc) is 2.65. The number of nitrogens with zero attached hydrogens (tertiary/aromatic N) is 1. The van der Waals surface area contributed by atoms with Gasteiger partial charge in [0.05, 0.1) is 6.61 Å². The zero-order chi connectivity index (χ0) is 13.1. The Morgan fingerprint density at radius 2 is 2.22 bits per heavy atom. The molecule has 0 atom stereocenters. The zero-order valence-corrected chi connectivity index (χ0v) is 10.4. The van der Waals surface area contributed by atoms with Gasteiger partial charge in [-0.2, -0.15) is 0 Å². The first-order valence-electron chi connectivity index (χ1n) is 5.70. The molecule has 0 saturated heterocycles. The third-order valence-corrected chi connectivity index (χ3v) is 2.90. The summed E-state index contributed by atoms with van der Waals surface area (Å²) >= 11 is 0. The van der Waals surface area contributed by atoms with E-state index in [4.69, 9.17) is 20.1 Å². The average molecular weight is 248 g/mol. The number of nitrogens with two attached hydrogens (primary N) is 1. The van der Waals surface area contributed by atoms with Crippen LogP contribution in [0.2, 0.25) is 0 Å². The Hall–Kier alpha value is -2.17. The van der Waals surface area contributed by atoms with Gasteiger partial charge < -0.3 is 20.1 Å². The maximum atomic E-state index is 8.41. The molecule has 1 aromatic carbocycles. The maximum absolute atomic E-state index is 8.41. The molecule has 18 heavy (non-hydrogen) atoms. The molecule has 1 heterocycles. The van der Waals surface area contributed by atoms with Crippen molar-refractivity contribution in [2.75, 3.05) is 6.61 Å². The fourth-order valence-corrected chi connectivity index (χ4v) is 1.74. The van der Waals surface area contributed by atoms with E-state index in [9.17, 15) is 0 Å². The van der Waals surface area contributed by atoms with Gasteiger partial charge in [-0.3, -0.25) is 0 Å². The van der Waals surface area contributed by atoms with E-state index in [0.29, 0.717) is 13.0 Å². The molecule has 5 heteroatoms. The molecule has 0 aliphatic heterocycles. The van der Waals surface area contributed by atoms with Gasteiger partial charge >= 0.3 is 0 Å². The van der Waals surface area contributed by atoms with Gasteiger partial charge in [-0.1, -0.05) is 5.16 Å². The predicted molar refractivity (Wildman–Crippen MR) is 69.2 cm³/mol. The summed E-state index contributed by atoms with van der Waals surface area (Å²) < 4.78 is 11.1. The highest BCUT2D eigenvalue weighted by molar-refractivity contribution is 5.83. The van der Waals surface area contributed by atoms with Gasteiger partial charge in [-0.15, -0.1) is 0 Å². The smallest absolute Gasteiger partial charge is 0.142 e. The van der Waals surface area contributed by atoms with Crippen molar-refractivity contribution in [3.05, 3.63) is 29.5 Å². The first kappa shape index (κ1) is 12.3. The van der Waals surface area contributed by atoms with Crippen molar-refractivity contribution in [3.8, 4) is 5.75 Å². The summed E-state index contributed by atoms with van der Waals surface area (Å²) in [6, 6.07) is 5.67. The molecular weight excluding hydrogens is 232 g/mol. The number of furan rings is 1. The van der Waals surface area contributed by atoms with Crippen LogP contribution in [0.4, 0.5) is 0 Å². The Labute approximate surface area is 105 Å². The number of aryl methyl sites for hydroxylation is 2. The van der Waals surface area contributed by atoms with E-state index in [1.165, 1.54) is 0 Å². The lowest BCUT2D eigenvalue weighted by molar-refractivity contribution is 0.305. The summed E-state index contributed by atoms with van der Waals surface area (Å²) in [6.45, 7) is 4.33. The van der Waals surface area contributed by atoms with Gasteiger partial charge in [-0.25, -0.2) is 0 Å². The normalized spacial score (nSPS) is 12.0. The lowest BCUT2D eigenvalue weighted by Crippen LogP contribution is -2.15. The largest absolute Gasteiger partial charge is 0.493 e. The van der Waals surface area contributed by atoms with E-state index in [1.807, 2.05) is 32.0 Å². The van der Waals surface area contributed by atoms with Crippen LogP contribution in [-0.2, 0) is 0 Å². The molecule has 3 N–H and O–H groups in total. The van der Waals surface area contributed by atoms with Gasteiger partial charge in [0.2, 0.25) is 0 Å². The highest BCUT2D eigenvalue weighted by Crippen LogP contribution is 2.28. The summed E-state index contributed by atoms with van der Waals surface area (Å²) in [4.78, 5) is 0. The lowest BCUT2D eigenvalue weighted by Gasteiger charge is -2.05. The highest BCUT2D eigenvalue weighted by atomic mass is 16.5. The Kier molecular flexibility index (Phi) is 3.41. The summed E-state index contributed by atoms with van der Waals surface area (Å²) in [6.07, 6.45) is 0.387. The molecule has 96 valence electrons. The minimum absolute atomic E-state index is 0.159. The fraction of sp³-hybridized carbons (Fsp3) is 0.308. The van der Waals surface area contributed by atoms with Gasteiger partial charge in [0, 0.05) is 11.8 Å². The van der Waals surface area contributed by atoms with Crippen LogP contribution in [0.25, 0.3) is 11.0 Å². The molecule has 2 aromatic rings. The Balaban J connectivity index is 2.12. The molecule has 0 aliphatic rings. The molecule has 1 aromatic heterocycles. The molecule has 0 amide bonds. The van der Waals surface area contributed by atoms with Gasteiger partial charge in [0.1, 0.15) is 22.9 Å². The van der Waals surface area contributed by atoms with Crippen LogP contribution in [0.5, 0.6) is 5.75 Å². The third kappa shape index (κ3) is 2.40. The Bertz CT molecular complexity index is 587. The molecular formula is C13H16N2O3. The maximum Gasteiger partial charge on any atom is 0.142 e. The van der Waals surface area contributed by atoms with Gasteiger partial charge in [-0.05, 0) is 37.6 Å². The number of ether oxygens (including phenoxy) is 1. The number of fused-ring (bicyclic) bond motifs is 1. The third-order valence-electron chi connectivity index (χ3n) is 2.90. The number of benzene rings is 1. The van der Waals surface area contributed by atoms with E-state index in [1.54, 1.807) is 0 Å². The van der Waals surface area contributed by atoms with Crippen molar-refractivity contribution in [2.45, 2.75) is 20.3 Å². The zero-order valence-electron chi connectivity index (χ0n) is 10.4. The number of hydrogen-bond acceptors (Lipinski definition) is 4. The first-order chi connectivity index (χ1) is 8.61. The summed E-state index contributed by atoms with van der Waals surface area (Å²) in [7, 11) is 0. The molecule has 0 bridgehead atoms. The summed E-state index contributed by atoms with van der Waals surface area (Å²) in [5.41, 5.74) is 7.33. The fourth-order valence-electron chi connectivity index (χ4n) is 1.74. The molecule has 0 aliphatic carbocycles. The standard InChI is InChI=1S/C13H16N2O3/c1-8-9(2)18-12-4-3-10(7-11(8)12)17-6-5-13(14)15-16/h3-4,7,16H,5-6H2,1-2H3,(H2,14,15). The van der Waals surface area contributed by atoms with Crippen LogP contribution in [0, 0.1) is 13.8 Å². The first-order valence-corrected chi connectivity index (χ1v) is 5.70. The van der Waals surface area contributed by atoms with Crippen LogP contribution in [0.1, 0.15) is 17.7 Å². The van der Waals surface area contributed by atoms with Crippen molar-refractivity contribution in [1.29, 1.82) is 0 Å². The van der Waals surface area contributed by atoms with Crippen molar-refractivity contribution in [3.63, 3.8) is 0 Å². The van der Waals surface area contributed by atoms with Crippen molar-refractivity contribution in [1.82, 2.24) is 0 Å². The molecule has 2 rings (SSSR count). The molecule has 0 saturated carbocycles. The van der Waals surface area contributed by atoms with Crippen LogP contribution in [0.15, 0.2) is 27.8 Å². The Morgan fingerprint density at radius 1 is 1.44 bits per heavy atom. The number of amidine groups is 1. The predicted octanol–water partition coefficient (Wildman–Crippen LogP) is 2.56. The van der Waals surface area contributed by atoms with Crippen LogP contribution in [0.3, 0.4) is 0 Å². The van der Waals surface area contributed by atoms with E-state index in [-0.39, 0.29) is 5.84 Å². The summed E-state index contributed by atoms with van der Waals surface area (Å²) in [5.74, 6) is 1.82. The SMILES string of the molecule is Cc1oc2ccc(OCCC(N)=NO)cc2c1C. The minimum Gasteiger partial charge on any atom is -0.493 e. The number of oxime groups is 1. The van der Waals surface area contributed by atoms with Crippen molar-refractivity contribution in [2.24, 2.45) is 10.9 Å². The van der Waals surface area contributed by atoms with Crippen LogP contribution < -0.4 is 10.5 Å². The summed E-state index contributed by atoms with van der Waals surface area (Å²) in [5, 5.41) is 12.3.